The first-order valence-electron chi connectivity index (χ1n) is 14.0. The fraction of sp³-hybridized carbons (Fsp3) is 0.379. The molecule has 2 bridgehead atoms. The molecule has 3 aromatic rings. The van der Waals surface area contributed by atoms with Crippen LogP contribution in [-0.4, -0.2) is 69.1 Å². The van der Waals surface area contributed by atoms with Gasteiger partial charge in [-0.05, 0) is 43.0 Å². The molecule has 5 heterocycles. The zero-order valence-electron chi connectivity index (χ0n) is 23.8. The Bertz CT molecular complexity index is 1740. The number of carboxylic acid groups (broad SMARTS) is 1. The van der Waals surface area contributed by atoms with Gasteiger partial charge in [0.05, 0.1) is 23.0 Å². The number of nitrogen functional groups attached to an aromatic ring is 1. The van der Waals surface area contributed by atoms with E-state index in [1.807, 2.05) is 0 Å². The van der Waals surface area contributed by atoms with Crippen LogP contribution in [0.25, 0.3) is 11.3 Å². The van der Waals surface area contributed by atoms with Crippen molar-refractivity contribution in [2.24, 2.45) is 0 Å². The Labute approximate surface area is 255 Å². The molecule has 1 aromatic carbocycles. The Hall–Kier alpha value is -4.67. The number of benzene rings is 1. The lowest BCUT2D eigenvalue weighted by atomic mass is 9.95. The molecule has 3 aliphatic heterocycles. The van der Waals surface area contributed by atoms with Crippen LogP contribution in [0.2, 0.25) is 0 Å². The number of pyridine rings is 2. The first-order valence-corrected chi connectivity index (χ1v) is 14.0. The van der Waals surface area contributed by atoms with Crippen molar-refractivity contribution in [3.63, 3.8) is 0 Å². The molecule has 6 rings (SSSR count). The van der Waals surface area contributed by atoms with E-state index in [1.54, 1.807) is 0 Å². The van der Waals surface area contributed by atoms with E-state index >= 15 is 4.39 Å². The fourth-order valence-electron chi connectivity index (χ4n) is 6.39. The standard InChI is InChI=1S/C29H25F7N6O4/c1-10-18(29(34,35)36)13(6-14(37)19(10)30)21-20(31)22(39-8-11-2-4-16(28(44)45)38-7-11)17-26(41-21)46-24(25(32)33)23-15-5-3-12(40-15)9-42(23)27(17)43/h2,4,6-7,12,15,23-25,40H,3,5,8-9,37H2,1H3,(H,39,41)(H,44,45)/t12-,15+,23+,24-/m1/s1. The van der Waals surface area contributed by atoms with E-state index < -0.39 is 99.5 Å². The molecule has 46 heavy (non-hydrogen) atoms. The predicted molar refractivity (Wildman–Crippen MR) is 147 cm³/mol. The number of nitrogens with zero attached hydrogens (tertiary/aromatic N) is 3. The summed E-state index contributed by atoms with van der Waals surface area (Å²) in [6.45, 7) is 0.415. The first kappa shape index (κ1) is 31.3. The van der Waals surface area contributed by atoms with Crippen molar-refractivity contribution in [2.45, 2.75) is 63.1 Å². The summed E-state index contributed by atoms with van der Waals surface area (Å²) in [7, 11) is 0. The highest BCUT2D eigenvalue weighted by atomic mass is 19.4. The Morgan fingerprint density at radius 2 is 1.98 bits per heavy atom. The summed E-state index contributed by atoms with van der Waals surface area (Å²) in [6.07, 6.45) is -8.28. The van der Waals surface area contributed by atoms with Gasteiger partial charge in [-0.15, -0.1) is 0 Å². The number of hydrogen-bond acceptors (Lipinski definition) is 8. The van der Waals surface area contributed by atoms with E-state index in [2.05, 4.69) is 20.6 Å². The van der Waals surface area contributed by atoms with Gasteiger partial charge in [0.15, 0.2) is 11.9 Å². The predicted octanol–water partition coefficient (Wildman–Crippen LogP) is 4.61. The summed E-state index contributed by atoms with van der Waals surface area (Å²) in [4.78, 5) is 34.1. The molecule has 0 spiro atoms. The lowest BCUT2D eigenvalue weighted by Gasteiger charge is -2.42. The Morgan fingerprint density at radius 1 is 1.24 bits per heavy atom. The third-order valence-electron chi connectivity index (χ3n) is 8.46. The van der Waals surface area contributed by atoms with Crippen LogP contribution in [0.5, 0.6) is 5.88 Å². The average molecular weight is 655 g/mol. The van der Waals surface area contributed by atoms with Gasteiger partial charge in [0.25, 0.3) is 12.3 Å². The summed E-state index contributed by atoms with van der Waals surface area (Å²) >= 11 is 0. The number of anilines is 2. The summed E-state index contributed by atoms with van der Waals surface area (Å²) in [6, 6.07) is 0.932. The second-order valence-electron chi connectivity index (χ2n) is 11.3. The molecule has 2 aromatic heterocycles. The molecule has 3 aliphatic rings. The van der Waals surface area contributed by atoms with Crippen LogP contribution in [-0.2, 0) is 12.7 Å². The number of aromatic carboxylic acids is 1. The maximum Gasteiger partial charge on any atom is 0.417 e. The molecule has 0 saturated carbocycles. The molecule has 1 amide bonds. The number of alkyl halides is 5. The number of rotatable bonds is 6. The third kappa shape index (κ3) is 5.21. The number of aromatic nitrogens is 2. The molecular weight excluding hydrogens is 629 g/mol. The number of amides is 1. The van der Waals surface area contributed by atoms with E-state index in [9.17, 15) is 35.9 Å². The molecule has 2 fully saturated rings. The Kier molecular flexibility index (Phi) is 7.69. The van der Waals surface area contributed by atoms with Crippen molar-refractivity contribution in [1.29, 1.82) is 0 Å². The largest absolute Gasteiger partial charge is 0.477 e. The fourth-order valence-corrected chi connectivity index (χ4v) is 6.39. The van der Waals surface area contributed by atoms with Gasteiger partial charge in [-0.3, -0.25) is 4.79 Å². The van der Waals surface area contributed by atoms with Crippen LogP contribution >= 0.6 is 0 Å². The van der Waals surface area contributed by atoms with Crippen molar-refractivity contribution in [1.82, 2.24) is 20.2 Å². The van der Waals surface area contributed by atoms with Gasteiger partial charge >= 0.3 is 12.1 Å². The second kappa shape index (κ2) is 11.3. The molecule has 0 radical (unpaired) electrons. The van der Waals surface area contributed by atoms with Crippen LogP contribution < -0.4 is 21.1 Å². The normalized spacial score (nSPS) is 22.3. The van der Waals surface area contributed by atoms with Crippen LogP contribution in [0.15, 0.2) is 24.4 Å². The van der Waals surface area contributed by atoms with Gasteiger partial charge in [-0.1, -0.05) is 6.07 Å². The minimum absolute atomic E-state index is 0.0265. The van der Waals surface area contributed by atoms with E-state index in [0.717, 1.165) is 24.1 Å². The van der Waals surface area contributed by atoms with Gasteiger partial charge in [-0.2, -0.15) is 13.2 Å². The third-order valence-corrected chi connectivity index (χ3v) is 8.46. The van der Waals surface area contributed by atoms with Crippen LogP contribution in [0.1, 0.15) is 50.4 Å². The maximum absolute atomic E-state index is 16.6. The summed E-state index contributed by atoms with van der Waals surface area (Å²) in [5.74, 6) is -6.00. The Morgan fingerprint density at radius 3 is 2.61 bits per heavy atom. The second-order valence-corrected chi connectivity index (χ2v) is 11.3. The molecule has 5 N–H and O–H groups in total. The molecule has 17 heteroatoms. The van der Waals surface area contributed by atoms with Crippen molar-refractivity contribution < 1.29 is 50.2 Å². The number of nitrogens with one attached hydrogen (secondary N) is 2. The first-order chi connectivity index (χ1) is 21.7. The summed E-state index contributed by atoms with van der Waals surface area (Å²) in [5, 5.41) is 14.9. The van der Waals surface area contributed by atoms with Gasteiger partial charge in [0.1, 0.15) is 22.8 Å². The van der Waals surface area contributed by atoms with Crippen LogP contribution in [0, 0.1) is 18.6 Å². The number of nitrogens with two attached hydrogens (primary N) is 1. The number of hydrogen-bond donors (Lipinski definition) is 4. The zero-order chi connectivity index (χ0) is 33.2. The van der Waals surface area contributed by atoms with Crippen molar-refractivity contribution >= 4 is 23.3 Å². The molecule has 10 nitrogen and oxygen atoms in total. The van der Waals surface area contributed by atoms with Gasteiger partial charge in [0.2, 0.25) is 5.88 Å². The van der Waals surface area contributed by atoms with E-state index in [4.69, 9.17) is 15.6 Å². The summed E-state index contributed by atoms with van der Waals surface area (Å²) < 4.78 is 109. The highest BCUT2D eigenvalue weighted by molar-refractivity contribution is 6.03. The average Bonchev–Trinajstić information content (AvgIpc) is 3.32. The molecule has 0 unspecified atom stereocenters. The van der Waals surface area contributed by atoms with Gasteiger partial charge < -0.3 is 31.1 Å². The molecular formula is C29H25F7N6O4. The monoisotopic (exact) mass is 654 g/mol. The quantitative estimate of drug-likeness (QED) is 0.221. The SMILES string of the molecule is Cc1c(F)c(N)cc(-c2nc3c(c(NCc4ccc(C(=O)O)nc4)c2F)C(=O)N2C[C@H]4CC[C@H](N4)[C@H]2[C@H](C(F)F)O3)c1C(F)(F)F. The molecule has 244 valence electrons. The number of carbonyl (C=O) groups is 2. The van der Waals surface area contributed by atoms with E-state index in [0.29, 0.717) is 18.9 Å². The lowest BCUT2D eigenvalue weighted by molar-refractivity contribution is -0.137. The van der Waals surface area contributed by atoms with Crippen molar-refractivity contribution in [2.75, 3.05) is 17.6 Å². The number of carbonyl (C=O) groups excluding carboxylic acids is 1. The van der Waals surface area contributed by atoms with E-state index in [-0.39, 0.29) is 30.4 Å². The smallest absolute Gasteiger partial charge is 0.417 e. The summed E-state index contributed by atoms with van der Waals surface area (Å²) in [5.41, 5.74) is -1.19. The lowest BCUT2D eigenvalue weighted by Crippen LogP contribution is -2.64. The number of halogens is 7. The van der Waals surface area contributed by atoms with Crippen LogP contribution in [0.3, 0.4) is 0 Å². The minimum Gasteiger partial charge on any atom is -0.477 e. The minimum atomic E-state index is -5.24. The van der Waals surface area contributed by atoms with E-state index in [1.165, 1.54) is 6.07 Å². The number of piperazine rings is 1. The van der Waals surface area contributed by atoms with Gasteiger partial charge in [0, 0.05) is 36.9 Å². The maximum atomic E-state index is 16.6. The van der Waals surface area contributed by atoms with Crippen LogP contribution in [0.4, 0.5) is 42.1 Å². The van der Waals surface area contributed by atoms with Crippen molar-refractivity contribution in [3.05, 3.63) is 64.0 Å². The van der Waals surface area contributed by atoms with Crippen molar-refractivity contribution in [3.8, 4) is 17.1 Å². The Balaban J connectivity index is 1.57. The zero-order valence-corrected chi connectivity index (χ0v) is 23.8. The van der Waals surface area contributed by atoms with Gasteiger partial charge in [-0.25, -0.2) is 32.3 Å². The molecule has 0 aliphatic carbocycles. The molecule has 2 saturated heterocycles. The number of fused-ring (bicyclic) bond motifs is 5. The topological polar surface area (TPSA) is 143 Å². The number of ether oxygens (including phenoxy) is 1. The number of carboxylic acids is 1. The highest BCUT2D eigenvalue weighted by Gasteiger charge is 2.53. The highest BCUT2D eigenvalue weighted by Crippen LogP contribution is 2.46. The molecule has 4 atom stereocenters.